The van der Waals surface area contributed by atoms with Crippen LogP contribution >= 0.6 is 0 Å². The van der Waals surface area contributed by atoms with Crippen molar-refractivity contribution in [2.45, 2.75) is 57.9 Å². The smallest absolute Gasteiger partial charge is 0.223 e. The monoisotopic (exact) mass is 316 g/mol. The summed E-state index contributed by atoms with van der Waals surface area (Å²) < 4.78 is 0. The van der Waals surface area contributed by atoms with Crippen LogP contribution in [0.3, 0.4) is 0 Å². The molecule has 1 amide bonds. The summed E-state index contributed by atoms with van der Waals surface area (Å²) in [5.41, 5.74) is 0. The average molecular weight is 316 g/mol. The molecule has 5 heteroatoms. The molecule has 0 radical (unpaired) electrons. The number of amides is 1. The summed E-state index contributed by atoms with van der Waals surface area (Å²) in [4.78, 5) is 20.8. The van der Waals surface area contributed by atoms with Crippen LogP contribution < -0.4 is 10.6 Å². The van der Waals surface area contributed by atoms with Crippen LogP contribution in [0.1, 0.15) is 51.9 Å². The van der Waals surface area contributed by atoms with Gasteiger partial charge in [0, 0.05) is 30.9 Å². The molecular formula is C18H28N4O. The van der Waals surface area contributed by atoms with Crippen molar-refractivity contribution in [1.82, 2.24) is 15.3 Å². The Morgan fingerprint density at radius 1 is 1.26 bits per heavy atom. The number of hydrogen-bond acceptors (Lipinski definition) is 4. The fourth-order valence-corrected chi connectivity index (χ4v) is 3.72. The SMILES string of the molecule is CC(CNC(=O)C1CCCC(Nc2cnccn2)C1)C1CCC1. The second kappa shape index (κ2) is 7.75. The molecule has 2 saturated carbocycles. The minimum absolute atomic E-state index is 0.131. The van der Waals surface area contributed by atoms with E-state index in [0.717, 1.165) is 44.0 Å². The van der Waals surface area contributed by atoms with Gasteiger partial charge in [0.05, 0.1) is 6.20 Å². The Kier molecular flexibility index (Phi) is 5.47. The van der Waals surface area contributed by atoms with Crippen molar-refractivity contribution in [3.05, 3.63) is 18.6 Å². The van der Waals surface area contributed by atoms with Gasteiger partial charge in [0.25, 0.3) is 0 Å². The van der Waals surface area contributed by atoms with Crippen LogP contribution in [-0.2, 0) is 4.79 Å². The fraction of sp³-hybridized carbons (Fsp3) is 0.722. The molecule has 1 aromatic rings. The number of carbonyl (C=O) groups excluding carboxylic acids is 1. The predicted molar refractivity (Wildman–Crippen MR) is 90.9 cm³/mol. The highest BCUT2D eigenvalue weighted by atomic mass is 16.1. The number of anilines is 1. The zero-order chi connectivity index (χ0) is 16.1. The van der Waals surface area contributed by atoms with Crippen molar-refractivity contribution in [3.63, 3.8) is 0 Å². The number of nitrogens with one attached hydrogen (secondary N) is 2. The number of carbonyl (C=O) groups is 1. The maximum Gasteiger partial charge on any atom is 0.223 e. The lowest BCUT2D eigenvalue weighted by Gasteiger charge is -2.33. The first-order chi connectivity index (χ1) is 11.2. The van der Waals surface area contributed by atoms with Gasteiger partial charge in [0.2, 0.25) is 5.91 Å². The van der Waals surface area contributed by atoms with E-state index in [0.29, 0.717) is 12.0 Å². The fourth-order valence-electron chi connectivity index (χ4n) is 3.72. The van der Waals surface area contributed by atoms with E-state index in [1.54, 1.807) is 18.6 Å². The van der Waals surface area contributed by atoms with E-state index in [2.05, 4.69) is 27.5 Å². The zero-order valence-electron chi connectivity index (χ0n) is 14.0. The third kappa shape index (κ3) is 4.43. The van der Waals surface area contributed by atoms with E-state index in [4.69, 9.17) is 0 Å². The van der Waals surface area contributed by atoms with Gasteiger partial charge in [0.15, 0.2) is 0 Å². The Morgan fingerprint density at radius 2 is 2.09 bits per heavy atom. The normalized spacial score (nSPS) is 26.1. The van der Waals surface area contributed by atoms with Crippen LogP contribution in [-0.4, -0.2) is 28.5 Å². The molecule has 3 rings (SSSR count). The van der Waals surface area contributed by atoms with Crippen molar-refractivity contribution in [2.24, 2.45) is 17.8 Å². The molecular weight excluding hydrogens is 288 g/mol. The molecule has 2 aliphatic carbocycles. The van der Waals surface area contributed by atoms with Gasteiger partial charge >= 0.3 is 0 Å². The minimum Gasteiger partial charge on any atom is -0.366 e. The Balaban J connectivity index is 1.44. The molecule has 0 spiro atoms. The lowest BCUT2D eigenvalue weighted by Crippen LogP contribution is -2.40. The van der Waals surface area contributed by atoms with Crippen LogP contribution in [0.5, 0.6) is 0 Å². The van der Waals surface area contributed by atoms with Gasteiger partial charge < -0.3 is 10.6 Å². The van der Waals surface area contributed by atoms with Crippen LogP contribution in [0.2, 0.25) is 0 Å². The van der Waals surface area contributed by atoms with Crippen LogP contribution in [0, 0.1) is 17.8 Å². The summed E-state index contributed by atoms with van der Waals surface area (Å²) in [6, 6.07) is 0.320. The first kappa shape index (κ1) is 16.2. The maximum atomic E-state index is 12.5. The topological polar surface area (TPSA) is 66.9 Å². The third-order valence-electron chi connectivity index (χ3n) is 5.51. The second-order valence-electron chi connectivity index (χ2n) is 7.21. The van der Waals surface area contributed by atoms with Gasteiger partial charge in [-0.25, -0.2) is 4.98 Å². The molecule has 2 aliphatic rings. The highest BCUT2D eigenvalue weighted by Gasteiger charge is 2.29. The number of rotatable bonds is 6. The predicted octanol–water partition coefficient (Wildman–Crippen LogP) is 3.00. The van der Waals surface area contributed by atoms with Crippen LogP contribution in [0.4, 0.5) is 5.82 Å². The number of aromatic nitrogens is 2. The van der Waals surface area contributed by atoms with E-state index >= 15 is 0 Å². The highest BCUT2D eigenvalue weighted by molar-refractivity contribution is 5.78. The molecule has 0 aromatic carbocycles. The Hall–Kier alpha value is -1.65. The summed E-state index contributed by atoms with van der Waals surface area (Å²) in [7, 11) is 0. The van der Waals surface area contributed by atoms with E-state index < -0.39 is 0 Å². The van der Waals surface area contributed by atoms with Gasteiger partial charge in [-0.2, -0.15) is 0 Å². The molecule has 2 N–H and O–H groups in total. The number of hydrogen-bond donors (Lipinski definition) is 2. The molecule has 5 nitrogen and oxygen atoms in total. The second-order valence-corrected chi connectivity index (χ2v) is 7.21. The molecule has 0 saturated heterocycles. The summed E-state index contributed by atoms with van der Waals surface area (Å²) in [5.74, 6) is 2.61. The highest BCUT2D eigenvalue weighted by Crippen LogP contribution is 2.33. The van der Waals surface area contributed by atoms with Crippen LogP contribution in [0.15, 0.2) is 18.6 Å². The van der Waals surface area contributed by atoms with Gasteiger partial charge in [-0.1, -0.05) is 32.6 Å². The molecule has 0 aliphatic heterocycles. The summed E-state index contributed by atoms with van der Waals surface area (Å²) >= 11 is 0. The molecule has 1 heterocycles. The van der Waals surface area contributed by atoms with Gasteiger partial charge in [-0.15, -0.1) is 0 Å². The Bertz CT molecular complexity index is 503. The number of nitrogens with zero attached hydrogens (tertiary/aromatic N) is 2. The summed E-state index contributed by atoms with van der Waals surface area (Å²) in [5, 5.41) is 6.60. The molecule has 2 fully saturated rings. The van der Waals surface area contributed by atoms with E-state index in [-0.39, 0.29) is 11.8 Å². The molecule has 1 aromatic heterocycles. The quantitative estimate of drug-likeness (QED) is 0.846. The minimum atomic E-state index is 0.131. The van der Waals surface area contributed by atoms with Crippen molar-refractivity contribution >= 4 is 11.7 Å². The molecule has 23 heavy (non-hydrogen) atoms. The Morgan fingerprint density at radius 3 is 2.78 bits per heavy atom. The van der Waals surface area contributed by atoms with Gasteiger partial charge in [-0.05, 0) is 31.1 Å². The molecule has 126 valence electrons. The van der Waals surface area contributed by atoms with Crippen molar-refractivity contribution < 1.29 is 4.79 Å². The molecule has 3 atom stereocenters. The van der Waals surface area contributed by atoms with E-state index in [9.17, 15) is 4.79 Å². The lowest BCUT2D eigenvalue weighted by atomic mass is 9.76. The van der Waals surface area contributed by atoms with E-state index in [1.165, 1.54) is 19.3 Å². The first-order valence-electron chi connectivity index (χ1n) is 9.02. The summed E-state index contributed by atoms with van der Waals surface area (Å²) in [6.07, 6.45) is 13.2. The van der Waals surface area contributed by atoms with Crippen molar-refractivity contribution in [3.8, 4) is 0 Å². The van der Waals surface area contributed by atoms with Crippen molar-refractivity contribution in [2.75, 3.05) is 11.9 Å². The molecule has 0 bridgehead atoms. The standard InChI is InChI=1S/C18H28N4O/c1-13(14-4-2-5-14)11-21-18(23)15-6-3-7-16(10-15)22-17-12-19-8-9-20-17/h8-9,12-16H,2-7,10-11H2,1H3,(H,20,22)(H,21,23). The van der Waals surface area contributed by atoms with Gasteiger partial charge in [0.1, 0.15) is 5.82 Å². The average Bonchev–Trinajstić information content (AvgIpc) is 2.52. The maximum absolute atomic E-state index is 12.5. The first-order valence-corrected chi connectivity index (χ1v) is 9.02. The van der Waals surface area contributed by atoms with Crippen LogP contribution in [0.25, 0.3) is 0 Å². The zero-order valence-corrected chi connectivity index (χ0v) is 14.0. The Labute approximate surface area is 138 Å². The molecule has 3 unspecified atom stereocenters. The third-order valence-corrected chi connectivity index (χ3v) is 5.51. The largest absolute Gasteiger partial charge is 0.366 e. The summed E-state index contributed by atoms with van der Waals surface area (Å²) in [6.45, 7) is 3.10. The lowest BCUT2D eigenvalue weighted by molar-refractivity contribution is -0.126. The van der Waals surface area contributed by atoms with E-state index in [1.807, 2.05) is 0 Å². The van der Waals surface area contributed by atoms with Gasteiger partial charge in [-0.3, -0.25) is 9.78 Å². The van der Waals surface area contributed by atoms with Crippen molar-refractivity contribution in [1.29, 1.82) is 0 Å².